The van der Waals surface area contributed by atoms with Crippen LogP contribution in [0.4, 0.5) is 5.82 Å². The second-order valence-corrected chi connectivity index (χ2v) is 8.00. The van der Waals surface area contributed by atoms with Crippen LogP contribution >= 0.6 is 0 Å². The van der Waals surface area contributed by atoms with Crippen LogP contribution < -0.4 is 4.90 Å². The zero-order valence-electron chi connectivity index (χ0n) is 16.3. The van der Waals surface area contributed by atoms with E-state index in [0.717, 1.165) is 55.5 Å². The minimum atomic E-state index is 0.494. The van der Waals surface area contributed by atoms with Crippen LogP contribution in [0.5, 0.6) is 0 Å². The van der Waals surface area contributed by atoms with Crippen molar-refractivity contribution in [2.24, 2.45) is 0 Å². The Hall–Kier alpha value is -2.02. The van der Waals surface area contributed by atoms with Crippen LogP contribution in [0.3, 0.4) is 0 Å². The molecule has 0 amide bonds. The van der Waals surface area contributed by atoms with Gasteiger partial charge in [-0.1, -0.05) is 0 Å². The maximum absolute atomic E-state index is 4.71. The normalized spacial score (nSPS) is 18.7. The fraction of sp³-hybridized carbons (Fsp3) is 0.684. The average Bonchev–Trinajstić information content (AvgIpc) is 3.38. The molecule has 0 atom stereocenters. The van der Waals surface area contributed by atoms with E-state index in [4.69, 9.17) is 4.98 Å². The number of hydrogen-bond donors (Lipinski definition) is 0. The maximum Gasteiger partial charge on any atom is 0.150 e. The molecule has 1 aliphatic carbocycles. The summed E-state index contributed by atoms with van der Waals surface area (Å²) >= 11 is 0. The number of hydrogen-bond acceptors (Lipinski definition) is 6. The summed E-state index contributed by atoms with van der Waals surface area (Å²) in [5.41, 5.74) is 2.00. The van der Waals surface area contributed by atoms with Crippen molar-refractivity contribution in [1.82, 2.24) is 29.6 Å². The van der Waals surface area contributed by atoms with Gasteiger partial charge in [-0.15, -0.1) is 10.2 Å². The molecule has 1 saturated carbocycles. The van der Waals surface area contributed by atoms with Gasteiger partial charge in [0, 0.05) is 31.2 Å². The van der Waals surface area contributed by atoms with Crippen molar-refractivity contribution in [1.29, 1.82) is 0 Å². The van der Waals surface area contributed by atoms with Crippen molar-refractivity contribution < 1.29 is 0 Å². The molecule has 0 aromatic carbocycles. The Morgan fingerprint density at radius 1 is 1.08 bits per heavy atom. The van der Waals surface area contributed by atoms with Crippen LogP contribution in [0, 0.1) is 13.8 Å². The Bertz CT molecular complexity index is 770. The molecule has 3 heterocycles. The van der Waals surface area contributed by atoms with Gasteiger partial charge in [0.05, 0.1) is 17.9 Å². The van der Waals surface area contributed by atoms with E-state index in [2.05, 4.69) is 43.6 Å². The van der Waals surface area contributed by atoms with Crippen LogP contribution in [0.25, 0.3) is 0 Å². The number of nitrogens with zero attached hydrogens (tertiary/aromatic N) is 7. The molecule has 2 aliphatic rings. The highest BCUT2D eigenvalue weighted by Gasteiger charge is 2.34. The predicted molar refractivity (Wildman–Crippen MR) is 101 cm³/mol. The minimum Gasteiger partial charge on any atom is -0.355 e. The Labute approximate surface area is 155 Å². The molecule has 0 radical (unpaired) electrons. The molecule has 0 unspecified atom stereocenters. The van der Waals surface area contributed by atoms with Crippen molar-refractivity contribution in [2.75, 3.05) is 32.1 Å². The summed E-state index contributed by atoms with van der Waals surface area (Å²) in [6.45, 7) is 6.92. The first-order chi connectivity index (χ1) is 12.5. The topological polar surface area (TPSA) is 63.0 Å². The van der Waals surface area contributed by atoms with Crippen LogP contribution in [-0.2, 0) is 6.54 Å². The lowest BCUT2D eigenvalue weighted by molar-refractivity contribution is 0.376. The van der Waals surface area contributed by atoms with Crippen LogP contribution in [0.15, 0.2) is 6.20 Å². The fourth-order valence-electron chi connectivity index (χ4n) is 3.91. The van der Waals surface area contributed by atoms with Gasteiger partial charge in [-0.3, -0.25) is 4.98 Å². The van der Waals surface area contributed by atoms with Gasteiger partial charge in [-0.05, 0) is 53.6 Å². The standard InChI is InChI=1S/C19H29N7/c1-13-11-20-14(2)18(21-13)25-9-7-15(8-10-25)19-23-22-17(12-24(3)4)26(19)16-5-6-16/h11,15-16H,5-10,12H2,1-4H3. The van der Waals surface area contributed by atoms with Gasteiger partial charge in [0.2, 0.25) is 0 Å². The molecule has 2 aromatic heterocycles. The molecule has 0 N–H and O–H groups in total. The van der Waals surface area contributed by atoms with Crippen molar-refractivity contribution in [3.05, 3.63) is 29.2 Å². The summed E-state index contributed by atoms with van der Waals surface area (Å²) in [4.78, 5) is 13.7. The van der Waals surface area contributed by atoms with E-state index in [9.17, 15) is 0 Å². The van der Waals surface area contributed by atoms with E-state index in [-0.39, 0.29) is 0 Å². The molecule has 0 spiro atoms. The van der Waals surface area contributed by atoms with E-state index >= 15 is 0 Å². The Kier molecular flexibility index (Phi) is 4.65. The van der Waals surface area contributed by atoms with Gasteiger partial charge < -0.3 is 14.4 Å². The average molecular weight is 355 g/mol. The second kappa shape index (κ2) is 6.95. The summed E-state index contributed by atoms with van der Waals surface area (Å²) in [6, 6.07) is 0.623. The number of aryl methyl sites for hydroxylation is 2. The molecule has 2 aromatic rings. The third-order valence-corrected chi connectivity index (χ3v) is 5.37. The lowest BCUT2D eigenvalue weighted by atomic mass is 9.95. The predicted octanol–water partition coefficient (Wildman–Crippen LogP) is 2.47. The fourth-order valence-corrected chi connectivity index (χ4v) is 3.91. The highest BCUT2D eigenvalue weighted by atomic mass is 15.3. The van der Waals surface area contributed by atoms with Crippen molar-refractivity contribution in [3.63, 3.8) is 0 Å². The molecule has 7 heteroatoms. The summed E-state index contributed by atoms with van der Waals surface area (Å²) < 4.78 is 2.44. The number of aromatic nitrogens is 5. The Balaban J connectivity index is 1.50. The lowest BCUT2D eigenvalue weighted by Gasteiger charge is -2.33. The van der Waals surface area contributed by atoms with E-state index in [1.54, 1.807) is 0 Å². The first kappa shape index (κ1) is 17.4. The van der Waals surface area contributed by atoms with Crippen LogP contribution in [0.1, 0.15) is 60.7 Å². The SMILES string of the molecule is Cc1cnc(C)c(N2CCC(c3nnc(CN(C)C)n3C3CC3)CC2)n1. The van der Waals surface area contributed by atoms with Crippen LogP contribution in [0.2, 0.25) is 0 Å². The first-order valence-corrected chi connectivity index (χ1v) is 9.66. The van der Waals surface area contributed by atoms with Gasteiger partial charge in [0.1, 0.15) is 17.5 Å². The zero-order chi connectivity index (χ0) is 18.3. The molecule has 1 saturated heterocycles. The molecule has 2 fully saturated rings. The highest BCUT2D eigenvalue weighted by Crippen LogP contribution is 2.40. The third-order valence-electron chi connectivity index (χ3n) is 5.37. The van der Waals surface area contributed by atoms with E-state index in [1.807, 2.05) is 20.0 Å². The highest BCUT2D eigenvalue weighted by molar-refractivity contribution is 5.43. The van der Waals surface area contributed by atoms with Crippen molar-refractivity contribution in [2.45, 2.75) is 58.0 Å². The summed E-state index contributed by atoms with van der Waals surface area (Å²) in [6.07, 6.45) is 6.57. The molecule has 140 valence electrons. The number of anilines is 1. The Morgan fingerprint density at radius 2 is 1.81 bits per heavy atom. The third kappa shape index (κ3) is 3.45. The van der Waals surface area contributed by atoms with Crippen LogP contribution in [-0.4, -0.2) is 56.8 Å². The molecular weight excluding hydrogens is 326 g/mol. The van der Waals surface area contributed by atoms with Gasteiger partial charge in [-0.2, -0.15) is 0 Å². The molecule has 4 rings (SSSR count). The molecule has 26 heavy (non-hydrogen) atoms. The summed E-state index contributed by atoms with van der Waals surface area (Å²) in [7, 11) is 4.19. The van der Waals surface area contributed by atoms with E-state index in [1.165, 1.54) is 18.7 Å². The van der Waals surface area contributed by atoms with Gasteiger partial charge in [0.25, 0.3) is 0 Å². The molecular formula is C19H29N7. The van der Waals surface area contributed by atoms with Crippen molar-refractivity contribution >= 4 is 5.82 Å². The van der Waals surface area contributed by atoms with Gasteiger partial charge in [-0.25, -0.2) is 4.98 Å². The lowest BCUT2D eigenvalue weighted by Crippen LogP contribution is -2.35. The summed E-state index contributed by atoms with van der Waals surface area (Å²) in [5, 5.41) is 9.15. The molecule has 1 aliphatic heterocycles. The van der Waals surface area contributed by atoms with Crippen molar-refractivity contribution in [3.8, 4) is 0 Å². The summed E-state index contributed by atoms with van der Waals surface area (Å²) in [5.74, 6) is 3.86. The van der Waals surface area contributed by atoms with Gasteiger partial charge >= 0.3 is 0 Å². The molecule has 0 bridgehead atoms. The number of piperidine rings is 1. The Morgan fingerprint density at radius 3 is 2.46 bits per heavy atom. The largest absolute Gasteiger partial charge is 0.355 e. The van der Waals surface area contributed by atoms with E-state index in [0.29, 0.717) is 12.0 Å². The van der Waals surface area contributed by atoms with E-state index < -0.39 is 0 Å². The quantitative estimate of drug-likeness (QED) is 0.821. The monoisotopic (exact) mass is 355 g/mol. The maximum atomic E-state index is 4.71. The van der Waals surface area contributed by atoms with Gasteiger partial charge in [0.15, 0.2) is 0 Å². The number of rotatable bonds is 5. The minimum absolute atomic E-state index is 0.494. The molecule has 7 nitrogen and oxygen atoms in total. The first-order valence-electron chi connectivity index (χ1n) is 9.66. The zero-order valence-corrected chi connectivity index (χ0v) is 16.3. The smallest absolute Gasteiger partial charge is 0.150 e. The second-order valence-electron chi connectivity index (χ2n) is 8.00.